The molecular formula is C15H31N3. The van der Waals surface area contributed by atoms with Crippen molar-refractivity contribution in [1.29, 1.82) is 0 Å². The minimum Gasteiger partial charge on any atom is -0.309 e. The lowest BCUT2D eigenvalue weighted by Crippen LogP contribution is -2.62. The average molecular weight is 253 g/mol. The highest BCUT2D eigenvalue weighted by Crippen LogP contribution is 2.23. The van der Waals surface area contributed by atoms with E-state index in [4.69, 9.17) is 0 Å². The van der Waals surface area contributed by atoms with Crippen molar-refractivity contribution in [3.8, 4) is 0 Å². The lowest BCUT2D eigenvalue weighted by atomic mass is 9.93. The SMILES string of the molecule is CCN1CCC(CN2CC(C)(CC)NCC2C)C1. The summed E-state index contributed by atoms with van der Waals surface area (Å²) in [5.41, 5.74) is 0.329. The number of piperazine rings is 1. The van der Waals surface area contributed by atoms with Crippen molar-refractivity contribution in [2.75, 3.05) is 39.3 Å². The molecule has 2 saturated heterocycles. The van der Waals surface area contributed by atoms with E-state index < -0.39 is 0 Å². The molecule has 2 heterocycles. The van der Waals surface area contributed by atoms with Gasteiger partial charge < -0.3 is 10.2 Å². The summed E-state index contributed by atoms with van der Waals surface area (Å²) in [5.74, 6) is 0.895. The Morgan fingerprint density at radius 1 is 1.33 bits per heavy atom. The Hall–Kier alpha value is -0.120. The number of nitrogens with zero attached hydrogens (tertiary/aromatic N) is 2. The maximum absolute atomic E-state index is 3.72. The second-order valence-corrected chi connectivity index (χ2v) is 6.62. The van der Waals surface area contributed by atoms with E-state index in [0.29, 0.717) is 11.6 Å². The van der Waals surface area contributed by atoms with Gasteiger partial charge in [0, 0.05) is 37.8 Å². The van der Waals surface area contributed by atoms with E-state index in [-0.39, 0.29) is 0 Å². The molecule has 2 fully saturated rings. The summed E-state index contributed by atoms with van der Waals surface area (Å²) in [6.45, 7) is 16.8. The second-order valence-electron chi connectivity index (χ2n) is 6.62. The summed E-state index contributed by atoms with van der Waals surface area (Å²) in [6, 6.07) is 0.695. The zero-order chi connectivity index (χ0) is 13.2. The van der Waals surface area contributed by atoms with E-state index in [9.17, 15) is 0 Å². The maximum atomic E-state index is 3.72. The van der Waals surface area contributed by atoms with Gasteiger partial charge >= 0.3 is 0 Å². The number of rotatable bonds is 4. The largest absolute Gasteiger partial charge is 0.309 e. The quantitative estimate of drug-likeness (QED) is 0.824. The number of likely N-dealkylation sites (tertiary alicyclic amines) is 1. The van der Waals surface area contributed by atoms with Crippen LogP contribution in [0.25, 0.3) is 0 Å². The molecule has 3 atom stereocenters. The van der Waals surface area contributed by atoms with E-state index in [0.717, 1.165) is 12.5 Å². The Bertz CT molecular complexity index is 268. The normalized spacial score (nSPS) is 39.3. The second kappa shape index (κ2) is 5.89. The highest BCUT2D eigenvalue weighted by Gasteiger charge is 2.34. The van der Waals surface area contributed by atoms with Gasteiger partial charge in [-0.05, 0) is 45.7 Å². The third-order valence-electron chi connectivity index (χ3n) is 5.09. The molecule has 0 saturated carbocycles. The summed E-state index contributed by atoms with van der Waals surface area (Å²) in [7, 11) is 0. The van der Waals surface area contributed by atoms with Crippen LogP contribution in [0, 0.1) is 5.92 Å². The Labute approximate surface area is 113 Å². The zero-order valence-electron chi connectivity index (χ0n) is 12.7. The van der Waals surface area contributed by atoms with E-state index in [1.807, 2.05) is 0 Å². The summed E-state index contributed by atoms with van der Waals surface area (Å²) in [6.07, 6.45) is 2.62. The van der Waals surface area contributed by atoms with Crippen LogP contribution in [0.3, 0.4) is 0 Å². The van der Waals surface area contributed by atoms with Crippen molar-refractivity contribution in [3.05, 3.63) is 0 Å². The van der Waals surface area contributed by atoms with Gasteiger partial charge in [0.15, 0.2) is 0 Å². The average Bonchev–Trinajstić information content (AvgIpc) is 2.82. The molecule has 2 aliphatic rings. The Kier molecular flexibility index (Phi) is 4.68. The van der Waals surface area contributed by atoms with Gasteiger partial charge in [-0.15, -0.1) is 0 Å². The van der Waals surface area contributed by atoms with Crippen LogP contribution < -0.4 is 5.32 Å². The van der Waals surface area contributed by atoms with Gasteiger partial charge in [-0.25, -0.2) is 0 Å². The van der Waals surface area contributed by atoms with Crippen molar-refractivity contribution >= 4 is 0 Å². The van der Waals surface area contributed by atoms with Gasteiger partial charge in [0.25, 0.3) is 0 Å². The molecule has 0 bridgehead atoms. The van der Waals surface area contributed by atoms with Crippen LogP contribution in [0.2, 0.25) is 0 Å². The smallest absolute Gasteiger partial charge is 0.0278 e. The number of hydrogen-bond acceptors (Lipinski definition) is 3. The minimum atomic E-state index is 0.329. The van der Waals surface area contributed by atoms with Crippen molar-refractivity contribution in [3.63, 3.8) is 0 Å². The van der Waals surface area contributed by atoms with Crippen LogP contribution in [0.4, 0.5) is 0 Å². The Morgan fingerprint density at radius 3 is 2.72 bits per heavy atom. The van der Waals surface area contributed by atoms with E-state index in [1.165, 1.54) is 45.6 Å². The fourth-order valence-electron chi connectivity index (χ4n) is 3.35. The molecule has 1 N–H and O–H groups in total. The molecule has 3 nitrogen and oxygen atoms in total. The first-order chi connectivity index (χ1) is 8.56. The monoisotopic (exact) mass is 253 g/mol. The van der Waals surface area contributed by atoms with Crippen molar-refractivity contribution in [1.82, 2.24) is 15.1 Å². The molecule has 18 heavy (non-hydrogen) atoms. The lowest BCUT2D eigenvalue weighted by Gasteiger charge is -2.45. The third-order valence-corrected chi connectivity index (χ3v) is 5.09. The molecule has 0 radical (unpaired) electrons. The van der Waals surface area contributed by atoms with Crippen LogP contribution >= 0.6 is 0 Å². The molecule has 106 valence electrons. The van der Waals surface area contributed by atoms with E-state index in [2.05, 4.69) is 42.8 Å². The first kappa shape index (κ1) is 14.3. The molecule has 0 aromatic heterocycles. The fraction of sp³-hybridized carbons (Fsp3) is 1.00. The van der Waals surface area contributed by atoms with Crippen molar-refractivity contribution in [2.24, 2.45) is 5.92 Å². The maximum Gasteiger partial charge on any atom is 0.0278 e. The fourth-order valence-corrected chi connectivity index (χ4v) is 3.35. The van der Waals surface area contributed by atoms with Gasteiger partial charge in [-0.2, -0.15) is 0 Å². The molecule has 2 aliphatic heterocycles. The minimum absolute atomic E-state index is 0.329. The predicted octanol–water partition coefficient (Wildman–Crippen LogP) is 1.79. The van der Waals surface area contributed by atoms with Crippen LogP contribution in [-0.2, 0) is 0 Å². The van der Waals surface area contributed by atoms with E-state index in [1.54, 1.807) is 0 Å². The molecule has 0 aromatic rings. The highest BCUT2D eigenvalue weighted by molar-refractivity contribution is 4.94. The van der Waals surface area contributed by atoms with Crippen molar-refractivity contribution < 1.29 is 0 Å². The topological polar surface area (TPSA) is 18.5 Å². The third kappa shape index (κ3) is 3.25. The van der Waals surface area contributed by atoms with Crippen LogP contribution in [0.15, 0.2) is 0 Å². The molecule has 0 spiro atoms. The molecule has 3 heteroatoms. The first-order valence-corrected chi connectivity index (χ1v) is 7.77. The van der Waals surface area contributed by atoms with Gasteiger partial charge in [-0.1, -0.05) is 13.8 Å². The lowest BCUT2D eigenvalue weighted by molar-refractivity contribution is 0.0787. The van der Waals surface area contributed by atoms with Crippen LogP contribution in [-0.4, -0.2) is 60.6 Å². The van der Waals surface area contributed by atoms with Crippen molar-refractivity contribution in [2.45, 2.75) is 52.1 Å². The molecular weight excluding hydrogens is 222 g/mol. The predicted molar refractivity (Wildman–Crippen MR) is 78.0 cm³/mol. The first-order valence-electron chi connectivity index (χ1n) is 7.77. The van der Waals surface area contributed by atoms with E-state index >= 15 is 0 Å². The molecule has 3 unspecified atom stereocenters. The zero-order valence-corrected chi connectivity index (χ0v) is 12.7. The number of hydrogen-bond donors (Lipinski definition) is 1. The summed E-state index contributed by atoms with van der Waals surface area (Å²) < 4.78 is 0. The summed E-state index contributed by atoms with van der Waals surface area (Å²) in [5, 5.41) is 3.72. The van der Waals surface area contributed by atoms with Crippen LogP contribution in [0.5, 0.6) is 0 Å². The molecule has 0 aliphatic carbocycles. The Morgan fingerprint density at radius 2 is 2.11 bits per heavy atom. The van der Waals surface area contributed by atoms with Crippen LogP contribution in [0.1, 0.15) is 40.5 Å². The highest BCUT2D eigenvalue weighted by atomic mass is 15.3. The summed E-state index contributed by atoms with van der Waals surface area (Å²) >= 11 is 0. The standard InChI is InChI=1S/C15H31N3/c1-5-15(4)12-18(13(3)9-16-15)11-14-7-8-17(6-2)10-14/h13-14,16H,5-12H2,1-4H3. The van der Waals surface area contributed by atoms with Gasteiger partial charge in [-0.3, -0.25) is 4.90 Å². The number of nitrogens with one attached hydrogen (secondary N) is 1. The van der Waals surface area contributed by atoms with Gasteiger partial charge in [0.05, 0.1) is 0 Å². The Balaban J connectivity index is 1.87. The molecule has 2 rings (SSSR count). The molecule has 0 aromatic carbocycles. The van der Waals surface area contributed by atoms with Gasteiger partial charge in [0.2, 0.25) is 0 Å². The molecule has 0 amide bonds. The van der Waals surface area contributed by atoms with Gasteiger partial charge in [0.1, 0.15) is 0 Å². The summed E-state index contributed by atoms with van der Waals surface area (Å²) in [4.78, 5) is 5.32.